The third-order valence-electron chi connectivity index (χ3n) is 4.71. The number of hydrogen-bond acceptors (Lipinski definition) is 5. The summed E-state index contributed by atoms with van der Waals surface area (Å²) in [5, 5.41) is 16.0. The number of nitrogens with one attached hydrogen (secondary N) is 2. The first kappa shape index (κ1) is 19.6. The molecule has 0 spiro atoms. The van der Waals surface area contributed by atoms with Gasteiger partial charge in [-0.25, -0.2) is 4.98 Å². The Morgan fingerprint density at radius 1 is 1.03 bits per heavy atom. The van der Waals surface area contributed by atoms with Crippen LogP contribution in [0.4, 0.5) is 11.4 Å². The molecule has 5 nitrogen and oxygen atoms in total. The molecule has 1 aromatic heterocycles. The predicted octanol–water partition coefficient (Wildman–Crippen LogP) is 5.20. The fourth-order valence-corrected chi connectivity index (χ4v) is 4.08. The monoisotopic (exact) mass is 412 g/mol. The van der Waals surface area contributed by atoms with Crippen molar-refractivity contribution < 1.29 is 4.79 Å². The summed E-state index contributed by atoms with van der Waals surface area (Å²) in [4.78, 5) is 17.1. The zero-order chi connectivity index (χ0) is 20.9. The molecule has 0 saturated carbocycles. The topological polar surface area (TPSA) is 77.8 Å². The largest absolute Gasteiger partial charge is 0.374 e. The van der Waals surface area contributed by atoms with Crippen molar-refractivity contribution in [2.45, 2.75) is 19.4 Å². The van der Waals surface area contributed by atoms with Crippen molar-refractivity contribution in [3.05, 3.63) is 88.9 Å². The molecule has 6 heteroatoms. The van der Waals surface area contributed by atoms with E-state index in [0.29, 0.717) is 11.3 Å². The number of rotatable bonds is 6. The van der Waals surface area contributed by atoms with Crippen molar-refractivity contribution in [2.24, 2.45) is 0 Å². The molecule has 4 aromatic rings. The molecule has 0 aliphatic heterocycles. The molecule has 4 rings (SSSR count). The number of carbonyl (C=O) groups is 1. The van der Waals surface area contributed by atoms with Crippen LogP contribution in [0.25, 0.3) is 10.2 Å². The van der Waals surface area contributed by atoms with E-state index in [4.69, 9.17) is 5.26 Å². The highest BCUT2D eigenvalue weighted by atomic mass is 32.1. The second kappa shape index (κ2) is 8.76. The lowest BCUT2D eigenvalue weighted by Crippen LogP contribution is -2.31. The van der Waals surface area contributed by atoms with E-state index in [9.17, 15) is 4.79 Å². The van der Waals surface area contributed by atoms with Crippen LogP contribution in [0.15, 0.2) is 72.8 Å². The van der Waals surface area contributed by atoms with E-state index in [1.165, 1.54) is 10.3 Å². The van der Waals surface area contributed by atoms with Gasteiger partial charge in [0.2, 0.25) is 5.91 Å². The quantitative estimate of drug-likeness (QED) is 0.456. The van der Waals surface area contributed by atoms with E-state index in [-0.39, 0.29) is 5.91 Å². The first-order valence-electron chi connectivity index (χ1n) is 9.62. The predicted molar refractivity (Wildman–Crippen MR) is 122 cm³/mol. The van der Waals surface area contributed by atoms with Crippen molar-refractivity contribution in [1.82, 2.24) is 4.98 Å². The normalized spacial score (nSPS) is 11.6. The van der Waals surface area contributed by atoms with Gasteiger partial charge in [-0.1, -0.05) is 24.3 Å². The highest BCUT2D eigenvalue weighted by Gasteiger charge is 2.13. The van der Waals surface area contributed by atoms with Gasteiger partial charge in [0.05, 0.1) is 26.9 Å². The maximum absolute atomic E-state index is 12.4. The second-order valence-corrected chi connectivity index (χ2v) is 8.11. The molecule has 0 saturated heterocycles. The van der Waals surface area contributed by atoms with Crippen LogP contribution in [-0.4, -0.2) is 16.9 Å². The van der Waals surface area contributed by atoms with Gasteiger partial charge < -0.3 is 10.6 Å². The summed E-state index contributed by atoms with van der Waals surface area (Å²) >= 11 is 1.72. The van der Waals surface area contributed by atoms with Crippen molar-refractivity contribution >= 4 is 38.8 Å². The van der Waals surface area contributed by atoms with E-state index < -0.39 is 6.04 Å². The van der Waals surface area contributed by atoms with Gasteiger partial charge in [0.25, 0.3) is 0 Å². The number of anilines is 2. The van der Waals surface area contributed by atoms with Crippen LogP contribution in [0.1, 0.15) is 23.1 Å². The summed E-state index contributed by atoms with van der Waals surface area (Å²) in [6.45, 7) is 1.81. The Morgan fingerprint density at radius 3 is 2.43 bits per heavy atom. The number of fused-ring (bicyclic) bond motifs is 1. The van der Waals surface area contributed by atoms with E-state index in [1.807, 2.05) is 37.3 Å². The molecule has 2 N–H and O–H groups in total. The Bertz CT molecular complexity index is 1170. The minimum Gasteiger partial charge on any atom is -0.374 e. The van der Waals surface area contributed by atoms with Crippen molar-refractivity contribution in [2.75, 3.05) is 10.6 Å². The average molecular weight is 413 g/mol. The molecule has 0 bridgehead atoms. The fourth-order valence-electron chi connectivity index (χ4n) is 3.08. The molecule has 0 unspecified atom stereocenters. The number of thiazole rings is 1. The standard InChI is InChI=1S/C24H20N4OS/c1-16(24(29)27-20-12-8-18(15-25)9-13-20)26-19-10-6-17(7-11-19)14-23-28-21-4-2-3-5-22(21)30-23/h2-13,16,26H,14H2,1H3,(H,27,29)/t16-/m1/s1. The number of hydrogen-bond donors (Lipinski definition) is 2. The van der Waals surface area contributed by atoms with Gasteiger partial charge in [-0.3, -0.25) is 4.79 Å². The van der Waals surface area contributed by atoms with Crippen molar-refractivity contribution in [3.8, 4) is 6.07 Å². The SMILES string of the molecule is C[C@@H](Nc1ccc(Cc2nc3ccccc3s2)cc1)C(=O)Nc1ccc(C#N)cc1. The van der Waals surface area contributed by atoms with Gasteiger partial charge in [0.15, 0.2) is 0 Å². The summed E-state index contributed by atoms with van der Waals surface area (Å²) < 4.78 is 1.20. The van der Waals surface area contributed by atoms with Crippen LogP contribution in [0.2, 0.25) is 0 Å². The molecule has 0 fully saturated rings. The average Bonchev–Trinajstić information content (AvgIpc) is 3.18. The smallest absolute Gasteiger partial charge is 0.246 e. The molecule has 1 heterocycles. The van der Waals surface area contributed by atoms with Crippen LogP contribution in [0.3, 0.4) is 0 Å². The van der Waals surface area contributed by atoms with Gasteiger partial charge in [0, 0.05) is 17.8 Å². The highest BCUT2D eigenvalue weighted by Crippen LogP contribution is 2.24. The van der Waals surface area contributed by atoms with Gasteiger partial charge >= 0.3 is 0 Å². The molecule has 30 heavy (non-hydrogen) atoms. The lowest BCUT2D eigenvalue weighted by molar-refractivity contribution is -0.116. The van der Waals surface area contributed by atoms with E-state index in [1.54, 1.807) is 35.6 Å². The lowest BCUT2D eigenvalue weighted by atomic mass is 10.1. The molecule has 0 aliphatic carbocycles. The molecule has 0 aliphatic rings. The Hall–Kier alpha value is -3.69. The van der Waals surface area contributed by atoms with E-state index in [2.05, 4.69) is 39.9 Å². The number of carbonyl (C=O) groups excluding carboxylic acids is 1. The number of aromatic nitrogens is 1. The first-order valence-corrected chi connectivity index (χ1v) is 10.4. The van der Waals surface area contributed by atoms with Gasteiger partial charge in [-0.05, 0) is 61.0 Å². The number of benzene rings is 3. The number of nitrogens with zero attached hydrogens (tertiary/aromatic N) is 2. The van der Waals surface area contributed by atoms with Crippen molar-refractivity contribution in [3.63, 3.8) is 0 Å². The second-order valence-electron chi connectivity index (χ2n) is 6.99. The number of para-hydroxylation sites is 1. The molecule has 148 valence electrons. The summed E-state index contributed by atoms with van der Waals surface area (Å²) in [7, 11) is 0. The summed E-state index contributed by atoms with van der Waals surface area (Å²) in [6.07, 6.45) is 0.786. The third kappa shape index (κ3) is 4.65. The van der Waals surface area contributed by atoms with Crippen LogP contribution in [0.5, 0.6) is 0 Å². The summed E-state index contributed by atoms with van der Waals surface area (Å²) in [5.74, 6) is -0.141. The maximum Gasteiger partial charge on any atom is 0.246 e. The zero-order valence-electron chi connectivity index (χ0n) is 16.4. The van der Waals surface area contributed by atoms with Crippen LogP contribution >= 0.6 is 11.3 Å². The van der Waals surface area contributed by atoms with Gasteiger partial charge in [0.1, 0.15) is 6.04 Å². The summed E-state index contributed by atoms with van der Waals surface area (Å²) in [5.41, 5.74) is 4.32. The van der Waals surface area contributed by atoms with Crippen LogP contribution in [-0.2, 0) is 11.2 Å². The van der Waals surface area contributed by atoms with Crippen molar-refractivity contribution in [1.29, 1.82) is 5.26 Å². The fraction of sp³-hybridized carbons (Fsp3) is 0.125. The van der Waals surface area contributed by atoms with Crippen LogP contribution < -0.4 is 10.6 Å². The molecule has 1 amide bonds. The Morgan fingerprint density at radius 2 is 1.73 bits per heavy atom. The highest BCUT2D eigenvalue weighted by molar-refractivity contribution is 7.18. The van der Waals surface area contributed by atoms with E-state index >= 15 is 0 Å². The first-order chi connectivity index (χ1) is 14.6. The number of amides is 1. The van der Waals surface area contributed by atoms with Gasteiger partial charge in [-0.2, -0.15) is 5.26 Å². The maximum atomic E-state index is 12.4. The number of nitriles is 1. The lowest BCUT2D eigenvalue weighted by Gasteiger charge is -2.15. The zero-order valence-corrected chi connectivity index (χ0v) is 17.2. The minimum absolute atomic E-state index is 0.141. The Labute approximate surface area is 179 Å². The Kier molecular flexibility index (Phi) is 5.73. The molecule has 0 radical (unpaired) electrons. The molecule has 3 aromatic carbocycles. The summed E-state index contributed by atoms with van der Waals surface area (Å²) in [6, 6.07) is 24.7. The third-order valence-corrected chi connectivity index (χ3v) is 5.74. The van der Waals surface area contributed by atoms with E-state index in [0.717, 1.165) is 22.6 Å². The minimum atomic E-state index is -0.407. The molecule has 1 atom stereocenters. The van der Waals surface area contributed by atoms with Crippen LogP contribution in [0, 0.1) is 11.3 Å². The van der Waals surface area contributed by atoms with Gasteiger partial charge in [-0.15, -0.1) is 11.3 Å². The molecular weight excluding hydrogens is 392 g/mol. The Balaban J connectivity index is 1.35. The molecular formula is C24H20N4OS.